The number of hydrogen-bond donors (Lipinski definition) is 2. The minimum Gasteiger partial charge on any atom is -0.348 e. The second kappa shape index (κ2) is 10.4. The van der Waals surface area contributed by atoms with E-state index >= 15 is 0 Å². The molecule has 136 valence electrons. The molecule has 1 saturated carbocycles. The van der Waals surface area contributed by atoms with Gasteiger partial charge in [-0.1, -0.05) is 30.3 Å². The number of carbonyl (C=O) groups excluding carboxylic acids is 1. The lowest BCUT2D eigenvalue weighted by Gasteiger charge is -2.15. The Kier molecular flexibility index (Phi) is 8.90. The average Bonchev–Trinajstić information content (AvgIpc) is 3.40. The van der Waals surface area contributed by atoms with Gasteiger partial charge < -0.3 is 10.6 Å². The molecule has 1 fully saturated rings. The third-order valence-electron chi connectivity index (χ3n) is 4.20. The molecule has 0 bridgehead atoms. The molecule has 25 heavy (non-hydrogen) atoms. The van der Waals surface area contributed by atoms with Crippen LogP contribution >= 0.6 is 24.8 Å². The number of benzene rings is 1. The zero-order valence-corrected chi connectivity index (χ0v) is 15.9. The molecule has 4 nitrogen and oxygen atoms in total. The van der Waals surface area contributed by atoms with E-state index in [1.54, 1.807) is 6.20 Å². The minimum atomic E-state index is 0. The van der Waals surface area contributed by atoms with Gasteiger partial charge in [0, 0.05) is 12.4 Å². The highest BCUT2D eigenvalue weighted by Gasteiger charge is 2.20. The maximum Gasteiger partial charge on any atom is 0.234 e. The van der Waals surface area contributed by atoms with Gasteiger partial charge in [0.2, 0.25) is 5.91 Å². The number of rotatable bonds is 7. The molecule has 1 heterocycles. The van der Waals surface area contributed by atoms with Crippen molar-refractivity contribution in [2.45, 2.75) is 25.8 Å². The van der Waals surface area contributed by atoms with Crippen LogP contribution in [-0.2, 0) is 4.79 Å². The van der Waals surface area contributed by atoms with Crippen molar-refractivity contribution < 1.29 is 4.79 Å². The normalized spacial score (nSPS) is 14.0. The van der Waals surface area contributed by atoms with Crippen LogP contribution in [0.5, 0.6) is 0 Å². The van der Waals surface area contributed by atoms with E-state index in [1.165, 1.54) is 12.8 Å². The summed E-state index contributed by atoms with van der Waals surface area (Å²) in [5, 5.41) is 6.25. The van der Waals surface area contributed by atoms with Crippen LogP contribution in [0.2, 0.25) is 0 Å². The molecular formula is C19H25Cl2N3O. The van der Waals surface area contributed by atoms with Gasteiger partial charge >= 0.3 is 0 Å². The van der Waals surface area contributed by atoms with Crippen molar-refractivity contribution in [2.75, 3.05) is 13.1 Å². The molecule has 2 aromatic rings. The molecule has 1 amide bonds. The lowest BCUT2D eigenvalue weighted by atomic mass is 10.0. The van der Waals surface area contributed by atoms with Gasteiger partial charge in [-0.05, 0) is 55.0 Å². The topological polar surface area (TPSA) is 54.0 Å². The first kappa shape index (κ1) is 21.4. The van der Waals surface area contributed by atoms with Crippen LogP contribution in [0.25, 0.3) is 11.1 Å². The third kappa shape index (κ3) is 6.65. The molecule has 1 aliphatic carbocycles. The van der Waals surface area contributed by atoms with Crippen molar-refractivity contribution in [3.8, 4) is 11.1 Å². The van der Waals surface area contributed by atoms with Gasteiger partial charge in [0.25, 0.3) is 0 Å². The summed E-state index contributed by atoms with van der Waals surface area (Å²) in [6.07, 6.45) is 6.22. The van der Waals surface area contributed by atoms with E-state index < -0.39 is 0 Å². The Morgan fingerprint density at radius 2 is 1.88 bits per heavy atom. The number of hydrogen-bond acceptors (Lipinski definition) is 3. The maximum absolute atomic E-state index is 11.9. The zero-order valence-electron chi connectivity index (χ0n) is 14.3. The zero-order chi connectivity index (χ0) is 16.1. The summed E-state index contributed by atoms with van der Waals surface area (Å²) >= 11 is 0. The SMILES string of the molecule is CC(NC(=O)CNCC1CC1)c1ccc(-c2cccnc2)cc1.Cl.Cl. The summed E-state index contributed by atoms with van der Waals surface area (Å²) in [7, 11) is 0. The second-order valence-electron chi connectivity index (χ2n) is 6.23. The first-order valence-corrected chi connectivity index (χ1v) is 8.23. The fraction of sp³-hybridized carbons (Fsp3) is 0.368. The van der Waals surface area contributed by atoms with Crippen molar-refractivity contribution in [3.05, 3.63) is 54.4 Å². The van der Waals surface area contributed by atoms with Gasteiger partial charge in [0.1, 0.15) is 0 Å². The Morgan fingerprint density at radius 1 is 1.16 bits per heavy atom. The fourth-order valence-corrected chi connectivity index (χ4v) is 2.59. The highest BCUT2D eigenvalue weighted by atomic mass is 35.5. The molecule has 1 aromatic heterocycles. The number of pyridine rings is 1. The molecule has 1 aromatic carbocycles. The van der Waals surface area contributed by atoms with Gasteiger partial charge in [0.15, 0.2) is 0 Å². The number of carbonyl (C=O) groups is 1. The molecule has 1 unspecified atom stereocenters. The molecule has 3 rings (SSSR count). The first-order chi connectivity index (χ1) is 11.2. The maximum atomic E-state index is 11.9. The van der Waals surface area contributed by atoms with Gasteiger partial charge in [-0.25, -0.2) is 0 Å². The molecule has 6 heteroatoms. The van der Waals surface area contributed by atoms with E-state index in [9.17, 15) is 4.79 Å². The standard InChI is InChI=1S/C19H23N3O.2ClH/c1-14(22-19(23)13-21-11-15-4-5-15)16-6-8-17(9-7-16)18-3-2-10-20-12-18;;/h2-3,6-10,12,14-15,21H,4-5,11,13H2,1H3,(H,22,23);2*1H. The third-order valence-corrected chi connectivity index (χ3v) is 4.20. The summed E-state index contributed by atoms with van der Waals surface area (Å²) in [4.78, 5) is 16.1. The van der Waals surface area contributed by atoms with Crippen LogP contribution in [0.15, 0.2) is 48.8 Å². The van der Waals surface area contributed by atoms with Crippen molar-refractivity contribution in [3.63, 3.8) is 0 Å². The Labute approximate surface area is 161 Å². The van der Waals surface area contributed by atoms with Gasteiger partial charge in [-0.3, -0.25) is 9.78 Å². The molecule has 0 aliphatic heterocycles. The molecular weight excluding hydrogens is 357 g/mol. The molecule has 0 saturated heterocycles. The monoisotopic (exact) mass is 381 g/mol. The summed E-state index contributed by atoms with van der Waals surface area (Å²) < 4.78 is 0. The average molecular weight is 382 g/mol. The molecule has 0 radical (unpaired) electrons. The number of amides is 1. The summed E-state index contributed by atoms with van der Waals surface area (Å²) in [5.41, 5.74) is 3.33. The van der Waals surface area contributed by atoms with Crippen molar-refractivity contribution in [1.82, 2.24) is 15.6 Å². The van der Waals surface area contributed by atoms with Crippen LogP contribution in [0.3, 0.4) is 0 Å². The highest BCUT2D eigenvalue weighted by Crippen LogP contribution is 2.27. The van der Waals surface area contributed by atoms with E-state index in [4.69, 9.17) is 0 Å². The number of nitrogens with one attached hydrogen (secondary N) is 2. The van der Waals surface area contributed by atoms with Crippen LogP contribution in [-0.4, -0.2) is 24.0 Å². The van der Waals surface area contributed by atoms with E-state index in [-0.39, 0.29) is 36.8 Å². The lowest BCUT2D eigenvalue weighted by molar-refractivity contribution is -0.120. The van der Waals surface area contributed by atoms with Crippen molar-refractivity contribution >= 4 is 30.7 Å². The number of aromatic nitrogens is 1. The van der Waals surface area contributed by atoms with E-state index in [2.05, 4.69) is 39.9 Å². The van der Waals surface area contributed by atoms with E-state index in [0.717, 1.165) is 29.2 Å². The fourth-order valence-electron chi connectivity index (χ4n) is 2.59. The second-order valence-corrected chi connectivity index (χ2v) is 6.23. The minimum absolute atomic E-state index is 0. The van der Waals surface area contributed by atoms with Crippen LogP contribution in [0.1, 0.15) is 31.4 Å². The predicted molar refractivity (Wildman–Crippen MR) is 106 cm³/mol. The van der Waals surface area contributed by atoms with Gasteiger partial charge in [-0.2, -0.15) is 0 Å². The Morgan fingerprint density at radius 3 is 2.48 bits per heavy atom. The van der Waals surface area contributed by atoms with Crippen LogP contribution < -0.4 is 10.6 Å². The predicted octanol–water partition coefficient (Wildman–Crippen LogP) is 3.77. The largest absolute Gasteiger partial charge is 0.348 e. The molecule has 0 spiro atoms. The Bertz CT molecular complexity index is 645. The van der Waals surface area contributed by atoms with Crippen molar-refractivity contribution in [2.24, 2.45) is 5.92 Å². The smallest absolute Gasteiger partial charge is 0.234 e. The van der Waals surface area contributed by atoms with Gasteiger partial charge in [0.05, 0.1) is 12.6 Å². The summed E-state index contributed by atoms with van der Waals surface area (Å²) in [6.45, 7) is 3.37. The molecule has 2 N–H and O–H groups in total. The van der Waals surface area contributed by atoms with Crippen LogP contribution in [0.4, 0.5) is 0 Å². The van der Waals surface area contributed by atoms with Crippen molar-refractivity contribution in [1.29, 1.82) is 0 Å². The number of nitrogens with zero attached hydrogens (tertiary/aromatic N) is 1. The molecule has 1 atom stereocenters. The number of halogens is 2. The van der Waals surface area contributed by atoms with E-state index in [0.29, 0.717) is 6.54 Å². The van der Waals surface area contributed by atoms with Crippen LogP contribution in [0, 0.1) is 5.92 Å². The highest BCUT2D eigenvalue weighted by molar-refractivity contribution is 5.85. The Hall–Kier alpha value is -1.62. The van der Waals surface area contributed by atoms with E-state index in [1.807, 2.05) is 25.3 Å². The quantitative estimate of drug-likeness (QED) is 0.767. The Balaban J connectivity index is 0.00000156. The lowest BCUT2D eigenvalue weighted by Crippen LogP contribution is -2.36. The first-order valence-electron chi connectivity index (χ1n) is 8.23. The van der Waals surface area contributed by atoms with Gasteiger partial charge in [-0.15, -0.1) is 24.8 Å². The summed E-state index contributed by atoms with van der Waals surface area (Å²) in [5.74, 6) is 0.842. The molecule has 1 aliphatic rings. The summed E-state index contributed by atoms with van der Waals surface area (Å²) in [6, 6.07) is 12.2.